The highest BCUT2D eigenvalue weighted by Crippen LogP contribution is 2.38. The Morgan fingerprint density at radius 2 is 1.58 bits per heavy atom. The van der Waals surface area contributed by atoms with Crippen LogP contribution in [-0.4, -0.2) is 23.1 Å². The number of aryl methyl sites for hydroxylation is 2. The van der Waals surface area contributed by atoms with Crippen molar-refractivity contribution >= 4 is 23.2 Å². The minimum atomic E-state index is 0.279. The summed E-state index contributed by atoms with van der Waals surface area (Å²) in [6, 6.07) is 17.1. The van der Waals surface area contributed by atoms with Crippen molar-refractivity contribution in [2.75, 3.05) is 13.6 Å². The van der Waals surface area contributed by atoms with Gasteiger partial charge >= 0.3 is 0 Å². The summed E-state index contributed by atoms with van der Waals surface area (Å²) < 4.78 is 2.28. The van der Waals surface area contributed by atoms with Crippen molar-refractivity contribution in [1.82, 2.24) is 9.47 Å². The van der Waals surface area contributed by atoms with Crippen molar-refractivity contribution in [2.45, 2.75) is 26.3 Å². The third kappa shape index (κ3) is 3.07. The van der Waals surface area contributed by atoms with Gasteiger partial charge in [0.15, 0.2) is 0 Å². The third-order valence-electron chi connectivity index (χ3n) is 5.32. The number of likely N-dealkylation sites (N-methyl/N-ethyl adjacent to an activating group) is 1. The molecule has 0 radical (unpaired) electrons. The van der Waals surface area contributed by atoms with Crippen molar-refractivity contribution in [3.8, 4) is 5.69 Å². The second-order valence-electron chi connectivity index (χ2n) is 7.25. The van der Waals surface area contributed by atoms with Gasteiger partial charge in [0.25, 0.3) is 0 Å². The number of hydrogen-bond acceptors (Lipinski definition) is 1. The molecule has 2 aromatic carbocycles. The maximum atomic E-state index is 6.48. The third-order valence-corrected chi connectivity index (χ3v) is 5.87. The van der Waals surface area contributed by atoms with Crippen LogP contribution in [0.15, 0.2) is 48.5 Å². The molecule has 26 heavy (non-hydrogen) atoms. The minimum absolute atomic E-state index is 0.279. The summed E-state index contributed by atoms with van der Waals surface area (Å²) in [6.45, 7) is 6.10. The van der Waals surface area contributed by atoms with Gasteiger partial charge in [0.05, 0.1) is 0 Å². The maximum Gasteiger partial charge on any atom is 0.0468 e. The van der Waals surface area contributed by atoms with Crippen LogP contribution < -0.4 is 0 Å². The van der Waals surface area contributed by atoms with Crippen LogP contribution in [0.5, 0.6) is 0 Å². The Hall–Kier alpha value is -1.74. The van der Waals surface area contributed by atoms with Crippen molar-refractivity contribution in [2.24, 2.45) is 0 Å². The number of fused-ring (bicyclic) bond motifs is 1. The normalized spacial score (nSPS) is 17.3. The summed E-state index contributed by atoms with van der Waals surface area (Å²) in [6.07, 6.45) is 0. The highest BCUT2D eigenvalue weighted by molar-refractivity contribution is 6.35. The van der Waals surface area contributed by atoms with Gasteiger partial charge in [0.1, 0.15) is 0 Å². The van der Waals surface area contributed by atoms with E-state index >= 15 is 0 Å². The molecule has 0 bridgehead atoms. The Kier molecular flexibility index (Phi) is 4.60. The second-order valence-corrected chi connectivity index (χ2v) is 8.09. The highest BCUT2D eigenvalue weighted by atomic mass is 35.5. The predicted molar refractivity (Wildman–Crippen MR) is 110 cm³/mol. The molecule has 0 spiro atoms. The number of halogens is 2. The van der Waals surface area contributed by atoms with E-state index in [1.54, 1.807) is 0 Å². The smallest absolute Gasteiger partial charge is 0.0468 e. The molecular formula is C22H22Cl2N2. The van der Waals surface area contributed by atoms with E-state index in [1.165, 1.54) is 33.8 Å². The summed E-state index contributed by atoms with van der Waals surface area (Å²) in [7, 11) is 2.14. The lowest BCUT2D eigenvalue weighted by atomic mass is 9.84. The van der Waals surface area contributed by atoms with E-state index in [2.05, 4.69) is 72.8 Å². The topological polar surface area (TPSA) is 8.17 Å². The first-order valence-corrected chi connectivity index (χ1v) is 9.61. The molecule has 0 fully saturated rings. The standard InChI is InChI=1S/C22H22Cl2N2/c1-14-4-5-15(2)26(14)18-8-6-16(7-9-18)20-12-25(3)13-21-19(20)10-17(23)11-22(21)24/h4-11,20H,12-13H2,1-3H3. The van der Waals surface area contributed by atoms with E-state index in [1.807, 2.05) is 6.07 Å². The zero-order chi connectivity index (χ0) is 18.4. The number of rotatable bonds is 2. The van der Waals surface area contributed by atoms with Crippen molar-refractivity contribution < 1.29 is 0 Å². The monoisotopic (exact) mass is 384 g/mol. The van der Waals surface area contributed by atoms with Crippen LogP contribution in [-0.2, 0) is 6.54 Å². The minimum Gasteiger partial charge on any atom is -0.319 e. The Balaban J connectivity index is 1.75. The van der Waals surface area contributed by atoms with Gasteiger partial charge in [-0.3, -0.25) is 0 Å². The molecule has 2 heterocycles. The first-order chi connectivity index (χ1) is 12.4. The van der Waals surface area contributed by atoms with Crippen molar-refractivity contribution in [3.05, 3.63) is 86.7 Å². The lowest BCUT2D eigenvalue weighted by molar-refractivity contribution is 0.295. The van der Waals surface area contributed by atoms with Gasteiger partial charge < -0.3 is 9.47 Å². The lowest BCUT2D eigenvalue weighted by Crippen LogP contribution is -2.31. The van der Waals surface area contributed by atoms with Crippen LogP contribution in [0.4, 0.5) is 0 Å². The van der Waals surface area contributed by atoms with E-state index in [4.69, 9.17) is 23.2 Å². The number of hydrogen-bond donors (Lipinski definition) is 0. The summed E-state index contributed by atoms with van der Waals surface area (Å²) in [4.78, 5) is 2.32. The van der Waals surface area contributed by atoms with Crippen LogP contribution in [0.25, 0.3) is 5.69 Å². The fraction of sp³-hybridized carbons (Fsp3) is 0.273. The van der Waals surface area contributed by atoms with E-state index in [0.29, 0.717) is 5.02 Å². The predicted octanol–water partition coefficient (Wildman–Crippen LogP) is 5.98. The Morgan fingerprint density at radius 3 is 2.23 bits per heavy atom. The lowest BCUT2D eigenvalue weighted by Gasteiger charge is -2.33. The van der Waals surface area contributed by atoms with Gasteiger partial charge in [-0.15, -0.1) is 0 Å². The molecule has 1 unspecified atom stereocenters. The molecule has 1 aliphatic heterocycles. The van der Waals surface area contributed by atoms with Crippen molar-refractivity contribution in [3.63, 3.8) is 0 Å². The molecular weight excluding hydrogens is 363 g/mol. The van der Waals surface area contributed by atoms with Crippen LogP contribution >= 0.6 is 23.2 Å². The summed E-state index contributed by atoms with van der Waals surface area (Å²) in [5.74, 6) is 0.279. The molecule has 1 atom stereocenters. The fourth-order valence-corrected chi connectivity index (χ4v) is 4.63. The Labute approximate surface area is 165 Å². The molecule has 0 aliphatic carbocycles. The van der Waals surface area contributed by atoms with E-state index in [9.17, 15) is 0 Å². The molecule has 3 aromatic rings. The second kappa shape index (κ2) is 6.77. The Morgan fingerprint density at radius 1 is 0.923 bits per heavy atom. The summed E-state index contributed by atoms with van der Waals surface area (Å²) in [5, 5.41) is 1.47. The van der Waals surface area contributed by atoms with Crippen molar-refractivity contribution in [1.29, 1.82) is 0 Å². The van der Waals surface area contributed by atoms with Gasteiger partial charge in [-0.25, -0.2) is 0 Å². The van der Waals surface area contributed by atoms with E-state index in [-0.39, 0.29) is 5.92 Å². The molecule has 1 aromatic heterocycles. The van der Waals surface area contributed by atoms with Gasteiger partial charge in [-0.1, -0.05) is 35.3 Å². The van der Waals surface area contributed by atoms with E-state index < -0.39 is 0 Å². The fourth-order valence-electron chi connectivity index (χ4n) is 4.06. The molecule has 0 saturated heterocycles. The molecule has 134 valence electrons. The highest BCUT2D eigenvalue weighted by Gasteiger charge is 2.27. The van der Waals surface area contributed by atoms with Gasteiger partial charge in [0, 0.05) is 46.1 Å². The summed E-state index contributed by atoms with van der Waals surface area (Å²) in [5.41, 5.74) is 7.43. The zero-order valence-corrected chi connectivity index (χ0v) is 16.8. The Bertz CT molecular complexity index is 938. The molecule has 1 aliphatic rings. The van der Waals surface area contributed by atoms with Gasteiger partial charge in [-0.05, 0) is 74.0 Å². The largest absolute Gasteiger partial charge is 0.319 e. The quantitative estimate of drug-likeness (QED) is 0.527. The SMILES string of the molecule is Cc1ccc(C)n1-c1ccc(C2CN(C)Cc3c(Cl)cc(Cl)cc32)cc1. The van der Waals surface area contributed by atoms with Crippen LogP contribution in [0.1, 0.15) is 34.0 Å². The average Bonchev–Trinajstić information content (AvgIpc) is 2.94. The molecule has 2 nitrogen and oxygen atoms in total. The summed E-state index contributed by atoms with van der Waals surface area (Å²) >= 11 is 12.8. The number of aromatic nitrogens is 1. The van der Waals surface area contributed by atoms with Gasteiger partial charge in [0.2, 0.25) is 0 Å². The zero-order valence-electron chi connectivity index (χ0n) is 15.3. The molecule has 4 heteroatoms. The first kappa shape index (κ1) is 17.7. The van der Waals surface area contributed by atoms with E-state index in [0.717, 1.165) is 18.1 Å². The number of benzene rings is 2. The van der Waals surface area contributed by atoms with Gasteiger partial charge in [-0.2, -0.15) is 0 Å². The molecule has 0 saturated carbocycles. The van der Waals surface area contributed by atoms with Crippen LogP contribution in [0.3, 0.4) is 0 Å². The van der Waals surface area contributed by atoms with Crippen LogP contribution in [0.2, 0.25) is 10.0 Å². The molecule has 0 amide bonds. The average molecular weight is 385 g/mol. The first-order valence-electron chi connectivity index (χ1n) is 8.85. The van der Waals surface area contributed by atoms with Crippen LogP contribution in [0, 0.1) is 13.8 Å². The molecule has 4 rings (SSSR count). The molecule has 0 N–H and O–H groups in total. The number of nitrogens with zero attached hydrogens (tertiary/aromatic N) is 2. The maximum absolute atomic E-state index is 6.48.